The number of aryl methyl sites for hydroxylation is 1. The maximum atomic E-state index is 12.7. The smallest absolute Gasteiger partial charge is 0.343 e. The van der Waals surface area contributed by atoms with Crippen LogP contribution in [0.25, 0.3) is 0 Å². The SMILES string of the molecule is NC(N)=Nc1ccc(C(=O)Oc2ccc(CCC(=O)O)c(C3=NOC(CC(=O)O)(CC(=O)O)C3)c2)cc1. The van der Waals surface area contributed by atoms with Gasteiger partial charge in [-0.15, -0.1) is 0 Å². The number of ether oxygens (including phenoxy) is 1. The molecule has 3 rings (SSSR count). The van der Waals surface area contributed by atoms with Gasteiger partial charge in [-0.05, 0) is 48.4 Å². The van der Waals surface area contributed by atoms with Crippen molar-refractivity contribution >= 4 is 41.2 Å². The summed E-state index contributed by atoms with van der Waals surface area (Å²) in [4.78, 5) is 55.7. The van der Waals surface area contributed by atoms with Gasteiger partial charge >= 0.3 is 23.9 Å². The van der Waals surface area contributed by atoms with Crippen molar-refractivity contribution in [2.75, 3.05) is 0 Å². The summed E-state index contributed by atoms with van der Waals surface area (Å²) in [6.45, 7) is 0. The Hall–Kier alpha value is -4.94. The molecule has 2 aromatic rings. The van der Waals surface area contributed by atoms with Gasteiger partial charge in [0.05, 0.1) is 29.8 Å². The van der Waals surface area contributed by atoms with Crippen LogP contribution in [0, 0.1) is 0 Å². The summed E-state index contributed by atoms with van der Waals surface area (Å²) in [6, 6.07) is 10.4. The van der Waals surface area contributed by atoms with Crippen molar-refractivity contribution in [1.29, 1.82) is 0 Å². The van der Waals surface area contributed by atoms with Crippen LogP contribution in [0.4, 0.5) is 5.69 Å². The summed E-state index contributed by atoms with van der Waals surface area (Å²) in [6.07, 6.45) is -1.50. The lowest BCUT2D eigenvalue weighted by atomic mass is 9.86. The normalized spacial score (nSPS) is 13.7. The predicted molar refractivity (Wildman–Crippen MR) is 129 cm³/mol. The van der Waals surface area contributed by atoms with Gasteiger partial charge in [0.25, 0.3) is 0 Å². The van der Waals surface area contributed by atoms with Gasteiger partial charge in [0, 0.05) is 18.4 Å². The summed E-state index contributed by atoms with van der Waals surface area (Å²) < 4.78 is 5.46. The van der Waals surface area contributed by atoms with Crippen molar-refractivity contribution < 1.29 is 44.1 Å². The van der Waals surface area contributed by atoms with Crippen molar-refractivity contribution in [3.8, 4) is 5.75 Å². The van der Waals surface area contributed by atoms with Crippen molar-refractivity contribution in [1.82, 2.24) is 0 Å². The van der Waals surface area contributed by atoms with E-state index in [1.807, 2.05) is 0 Å². The van der Waals surface area contributed by atoms with Gasteiger partial charge < -0.3 is 36.4 Å². The highest BCUT2D eigenvalue weighted by Gasteiger charge is 2.44. The molecule has 37 heavy (non-hydrogen) atoms. The number of carbonyl (C=O) groups is 4. The topological polar surface area (TPSA) is 224 Å². The monoisotopic (exact) mass is 512 g/mol. The Balaban J connectivity index is 1.88. The first-order valence-electron chi connectivity index (χ1n) is 10.9. The van der Waals surface area contributed by atoms with E-state index >= 15 is 0 Å². The highest BCUT2D eigenvalue weighted by molar-refractivity contribution is 6.04. The molecule has 0 aliphatic carbocycles. The van der Waals surface area contributed by atoms with Gasteiger partial charge in [0.15, 0.2) is 11.6 Å². The fourth-order valence-electron chi connectivity index (χ4n) is 3.80. The number of nitrogens with zero attached hydrogens (tertiary/aromatic N) is 2. The molecule has 7 N–H and O–H groups in total. The highest BCUT2D eigenvalue weighted by Crippen LogP contribution is 2.35. The average Bonchev–Trinajstić information content (AvgIpc) is 3.19. The number of rotatable bonds is 11. The Morgan fingerprint density at radius 2 is 1.62 bits per heavy atom. The Kier molecular flexibility index (Phi) is 8.07. The van der Waals surface area contributed by atoms with E-state index in [0.717, 1.165) is 0 Å². The van der Waals surface area contributed by atoms with Crippen LogP contribution in [0.5, 0.6) is 5.75 Å². The van der Waals surface area contributed by atoms with E-state index in [9.17, 15) is 29.4 Å². The molecular formula is C24H24N4O9. The van der Waals surface area contributed by atoms with Gasteiger partial charge in [-0.2, -0.15) is 0 Å². The molecule has 1 aliphatic rings. The van der Waals surface area contributed by atoms with Crippen molar-refractivity contribution in [3.63, 3.8) is 0 Å². The molecule has 13 nitrogen and oxygen atoms in total. The van der Waals surface area contributed by atoms with E-state index in [1.165, 1.54) is 36.4 Å². The lowest BCUT2D eigenvalue weighted by Crippen LogP contribution is -2.35. The van der Waals surface area contributed by atoms with Gasteiger partial charge in [-0.25, -0.2) is 9.79 Å². The molecule has 0 saturated carbocycles. The second-order valence-corrected chi connectivity index (χ2v) is 8.32. The molecule has 0 fully saturated rings. The fraction of sp³-hybridized carbons (Fsp3) is 0.250. The summed E-state index contributed by atoms with van der Waals surface area (Å²) in [7, 11) is 0. The molecule has 0 unspecified atom stereocenters. The maximum Gasteiger partial charge on any atom is 0.343 e. The van der Waals surface area contributed by atoms with Gasteiger partial charge in [-0.3, -0.25) is 14.4 Å². The quantitative estimate of drug-likeness (QED) is 0.126. The van der Waals surface area contributed by atoms with E-state index in [-0.39, 0.29) is 42.2 Å². The standard InChI is InChI=1S/C24H24N4O9/c25-23(26)27-15-5-1-14(2-6-15)22(35)36-16-7-3-13(4-8-19(29)30)17(9-16)18-10-24(37-28-18,11-20(31)32)12-21(33)34/h1-3,5-7,9H,4,8,10-12H2,(H,29,30)(H,31,32)(H,33,34)(H4,25,26,27). The molecule has 1 heterocycles. The van der Waals surface area contributed by atoms with Crippen LogP contribution in [0.2, 0.25) is 0 Å². The number of guanidine groups is 1. The predicted octanol–water partition coefficient (Wildman–Crippen LogP) is 1.64. The number of hydrogen-bond acceptors (Lipinski definition) is 8. The summed E-state index contributed by atoms with van der Waals surface area (Å²) in [5.41, 5.74) is 10.8. The Morgan fingerprint density at radius 1 is 0.973 bits per heavy atom. The molecule has 2 aromatic carbocycles. The Morgan fingerprint density at radius 3 is 2.19 bits per heavy atom. The van der Waals surface area contributed by atoms with E-state index in [2.05, 4.69) is 10.1 Å². The highest BCUT2D eigenvalue weighted by atomic mass is 16.7. The Bertz CT molecular complexity index is 1270. The molecular weight excluding hydrogens is 488 g/mol. The first-order valence-corrected chi connectivity index (χ1v) is 10.9. The number of oxime groups is 1. The number of aliphatic imine (C=N–C) groups is 1. The minimum atomic E-state index is -1.61. The first kappa shape index (κ1) is 26.7. The number of aliphatic carboxylic acids is 3. The van der Waals surface area contributed by atoms with E-state index in [4.69, 9.17) is 26.1 Å². The van der Waals surface area contributed by atoms with Crippen molar-refractivity contribution in [3.05, 3.63) is 59.2 Å². The van der Waals surface area contributed by atoms with Gasteiger partial charge in [0.1, 0.15) is 5.75 Å². The number of carbonyl (C=O) groups excluding carboxylic acids is 1. The Labute approximate surface area is 210 Å². The zero-order chi connectivity index (χ0) is 27.2. The van der Waals surface area contributed by atoms with Gasteiger partial charge in [0.2, 0.25) is 0 Å². The van der Waals surface area contributed by atoms with Crippen LogP contribution >= 0.6 is 0 Å². The lowest BCUT2D eigenvalue weighted by molar-refractivity contribution is -0.151. The van der Waals surface area contributed by atoms with Crippen molar-refractivity contribution in [2.24, 2.45) is 21.6 Å². The fourth-order valence-corrected chi connectivity index (χ4v) is 3.80. The van der Waals surface area contributed by atoms with E-state index in [1.54, 1.807) is 6.07 Å². The number of carboxylic acid groups (broad SMARTS) is 3. The third kappa shape index (κ3) is 7.27. The second kappa shape index (κ2) is 11.2. The number of benzene rings is 2. The lowest BCUT2D eigenvalue weighted by Gasteiger charge is -2.22. The van der Waals surface area contributed by atoms with Crippen LogP contribution in [-0.4, -0.2) is 56.5 Å². The number of carboxylic acids is 3. The zero-order valence-corrected chi connectivity index (χ0v) is 19.4. The molecule has 0 atom stereocenters. The molecule has 0 saturated heterocycles. The number of hydrogen-bond donors (Lipinski definition) is 5. The third-order valence-electron chi connectivity index (χ3n) is 5.36. The number of esters is 1. The molecule has 1 aliphatic heterocycles. The summed E-state index contributed by atoms with van der Waals surface area (Å²) >= 11 is 0. The average molecular weight is 512 g/mol. The van der Waals surface area contributed by atoms with Gasteiger partial charge in [-0.1, -0.05) is 11.2 Å². The van der Waals surface area contributed by atoms with Crippen LogP contribution < -0.4 is 16.2 Å². The molecule has 0 amide bonds. The third-order valence-corrected chi connectivity index (χ3v) is 5.36. The molecule has 0 spiro atoms. The minimum Gasteiger partial charge on any atom is -0.481 e. The zero-order valence-electron chi connectivity index (χ0n) is 19.4. The largest absolute Gasteiger partial charge is 0.481 e. The minimum absolute atomic E-state index is 0.0923. The summed E-state index contributed by atoms with van der Waals surface area (Å²) in [5, 5.41) is 31.5. The molecule has 0 bridgehead atoms. The molecule has 13 heteroatoms. The van der Waals surface area contributed by atoms with Crippen molar-refractivity contribution in [2.45, 2.75) is 37.7 Å². The van der Waals surface area contributed by atoms with E-state index < -0.39 is 42.3 Å². The molecule has 0 aromatic heterocycles. The van der Waals surface area contributed by atoms with E-state index in [0.29, 0.717) is 16.8 Å². The van der Waals surface area contributed by atoms with Crippen LogP contribution in [0.1, 0.15) is 47.2 Å². The number of nitrogens with two attached hydrogens (primary N) is 2. The summed E-state index contributed by atoms with van der Waals surface area (Å²) in [5.74, 6) is -4.31. The maximum absolute atomic E-state index is 12.7. The van der Waals surface area contributed by atoms with Crippen LogP contribution in [0.15, 0.2) is 52.6 Å². The second-order valence-electron chi connectivity index (χ2n) is 8.32. The molecule has 194 valence electrons. The molecule has 0 radical (unpaired) electrons. The van der Waals surface area contributed by atoms with Crippen LogP contribution in [0.3, 0.4) is 0 Å². The van der Waals surface area contributed by atoms with Crippen LogP contribution in [-0.2, 0) is 25.6 Å². The first-order chi connectivity index (χ1) is 17.5.